The predicted octanol–water partition coefficient (Wildman–Crippen LogP) is 3.37. The van der Waals surface area contributed by atoms with E-state index in [1.807, 2.05) is 31.2 Å². The normalized spacial score (nSPS) is 10.8. The Morgan fingerprint density at radius 3 is 2.90 bits per heavy atom. The van der Waals surface area contributed by atoms with E-state index in [2.05, 4.69) is 15.2 Å². The highest BCUT2D eigenvalue weighted by atomic mass is 32.2. The molecule has 0 aliphatic rings. The molecule has 0 fully saturated rings. The number of thioether (sulfide) groups is 1. The van der Waals surface area contributed by atoms with Gasteiger partial charge in [0.1, 0.15) is 5.76 Å². The number of nitrogens with zero attached hydrogens (tertiary/aromatic N) is 3. The van der Waals surface area contributed by atoms with E-state index in [4.69, 9.17) is 8.83 Å². The summed E-state index contributed by atoms with van der Waals surface area (Å²) in [6.45, 7) is 1.87. The summed E-state index contributed by atoms with van der Waals surface area (Å²) >= 11 is 1.53. The fraction of sp³-hybridized carbons (Fsp3) is 0.214. The molecule has 0 aliphatic heterocycles. The van der Waals surface area contributed by atoms with Crippen LogP contribution >= 0.6 is 11.8 Å². The van der Waals surface area contributed by atoms with Crippen LogP contribution < -0.4 is 0 Å². The van der Waals surface area contributed by atoms with Gasteiger partial charge in [0.05, 0.1) is 11.8 Å². The van der Waals surface area contributed by atoms with Crippen LogP contribution in [0.2, 0.25) is 0 Å². The predicted molar refractivity (Wildman–Crippen MR) is 75.4 cm³/mol. The SMILES string of the molecule is Cc1occc1-c1nnc(SCCc2ccccn2)o1. The molecule has 0 aromatic carbocycles. The summed E-state index contributed by atoms with van der Waals surface area (Å²) in [4.78, 5) is 4.27. The van der Waals surface area contributed by atoms with Crippen LogP contribution in [-0.4, -0.2) is 20.9 Å². The van der Waals surface area contributed by atoms with Crippen LogP contribution in [0.3, 0.4) is 0 Å². The first-order chi connectivity index (χ1) is 9.83. The molecule has 6 heteroatoms. The van der Waals surface area contributed by atoms with E-state index in [0.29, 0.717) is 11.1 Å². The van der Waals surface area contributed by atoms with E-state index < -0.39 is 0 Å². The average molecular weight is 287 g/mol. The molecule has 3 heterocycles. The third kappa shape index (κ3) is 2.91. The van der Waals surface area contributed by atoms with Crippen molar-refractivity contribution in [2.24, 2.45) is 0 Å². The Hall–Kier alpha value is -2.08. The second-order valence-electron chi connectivity index (χ2n) is 4.18. The third-order valence-electron chi connectivity index (χ3n) is 2.81. The van der Waals surface area contributed by atoms with Crippen molar-refractivity contribution in [1.82, 2.24) is 15.2 Å². The molecule has 0 saturated heterocycles. The Morgan fingerprint density at radius 1 is 1.20 bits per heavy atom. The van der Waals surface area contributed by atoms with Crippen molar-refractivity contribution >= 4 is 11.8 Å². The Bertz CT molecular complexity index is 679. The molecule has 20 heavy (non-hydrogen) atoms. The van der Waals surface area contributed by atoms with Gasteiger partial charge in [-0.3, -0.25) is 4.98 Å². The van der Waals surface area contributed by atoms with Gasteiger partial charge in [-0.05, 0) is 31.5 Å². The van der Waals surface area contributed by atoms with Gasteiger partial charge in [0.15, 0.2) is 0 Å². The summed E-state index contributed by atoms with van der Waals surface area (Å²) in [6, 6.07) is 7.73. The summed E-state index contributed by atoms with van der Waals surface area (Å²) in [6.07, 6.45) is 4.28. The van der Waals surface area contributed by atoms with Gasteiger partial charge in [-0.1, -0.05) is 17.8 Å². The number of aryl methyl sites for hydroxylation is 2. The number of hydrogen-bond acceptors (Lipinski definition) is 6. The highest BCUT2D eigenvalue weighted by molar-refractivity contribution is 7.99. The van der Waals surface area contributed by atoms with Crippen molar-refractivity contribution in [3.63, 3.8) is 0 Å². The van der Waals surface area contributed by atoms with Crippen molar-refractivity contribution in [3.05, 3.63) is 48.2 Å². The molecule has 0 bridgehead atoms. The summed E-state index contributed by atoms with van der Waals surface area (Å²) in [7, 11) is 0. The molecule has 0 amide bonds. The molecule has 102 valence electrons. The molecule has 3 aromatic heterocycles. The Morgan fingerprint density at radius 2 is 2.15 bits per heavy atom. The molecular weight excluding hydrogens is 274 g/mol. The lowest BCUT2D eigenvalue weighted by Gasteiger charge is -1.97. The maximum absolute atomic E-state index is 5.61. The highest BCUT2D eigenvalue weighted by Gasteiger charge is 2.13. The monoisotopic (exact) mass is 287 g/mol. The third-order valence-corrected chi connectivity index (χ3v) is 3.63. The smallest absolute Gasteiger partial charge is 0.276 e. The van der Waals surface area contributed by atoms with Gasteiger partial charge in [0.25, 0.3) is 11.1 Å². The summed E-state index contributed by atoms with van der Waals surface area (Å²) in [5, 5.41) is 8.63. The van der Waals surface area contributed by atoms with Crippen LogP contribution in [0.1, 0.15) is 11.5 Å². The van der Waals surface area contributed by atoms with E-state index >= 15 is 0 Å². The first-order valence-corrected chi connectivity index (χ1v) is 7.22. The number of pyridine rings is 1. The first kappa shape index (κ1) is 12.9. The van der Waals surface area contributed by atoms with E-state index in [1.165, 1.54) is 11.8 Å². The van der Waals surface area contributed by atoms with Gasteiger partial charge in [-0.15, -0.1) is 10.2 Å². The zero-order chi connectivity index (χ0) is 13.8. The van der Waals surface area contributed by atoms with Gasteiger partial charge >= 0.3 is 0 Å². The molecule has 0 saturated carbocycles. The van der Waals surface area contributed by atoms with Crippen LogP contribution in [-0.2, 0) is 6.42 Å². The molecular formula is C14H13N3O2S. The van der Waals surface area contributed by atoms with Crippen LogP contribution in [0.4, 0.5) is 0 Å². The van der Waals surface area contributed by atoms with Crippen molar-refractivity contribution in [2.75, 3.05) is 5.75 Å². The standard InChI is InChI=1S/C14H13N3O2S/c1-10-12(5-8-18-10)13-16-17-14(19-13)20-9-6-11-4-2-3-7-15-11/h2-5,7-8H,6,9H2,1H3. The van der Waals surface area contributed by atoms with Gasteiger partial charge < -0.3 is 8.83 Å². The molecule has 0 spiro atoms. The zero-order valence-corrected chi connectivity index (χ0v) is 11.8. The van der Waals surface area contributed by atoms with Crippen LogP contribution in [0.15, 0.2) is 50.8 Å². The van der Waals surface area contributed by atoms with Crippen LogP contribution in [0, 0.1) is 6.92 Å². The Kier molecular flexibility index (Phi) is 3.83. The zero-order valence-electron chi connectivity index (χ0n) is 10.9. The van der Waals surface area contributed by atoms with Crippen LogP contribution in [0.5, 0.6) is 0 Å². The molecule has 3 rings (SSSR count). The van der Waals surface area contributed by atoms with E-state index in [-0.39, 0.29) is 0 Å². The number of aromatic nitrogens is 3. The lowest BCUT2D eigenvalue weighted by atomic mass is 10.3. The highest BCUT2D eigenvalue weighted by Crippen LogP contribution is 2.26. The van der Waals surface area contributed by atoms with E-state index in [9.17, 15) is 0 Å². The molecule has 3 aromatic rings. The maximum atomic E-state index is 5.61. The Balaban J connectivity index is 1.59. The molecule has 0 aliphatic carbocycles. The van der Waals surface area contributed by atoms with Gasteiger partial charge in [0, 0.05) is 17.6 Å². The fourth-order valence-electron chi connectivity index (χ4n) is 1.77. The van der Waals surface area contributed by atoms with Gasteiger partial charge in [-0.2, -0.15) is 0 Å². The molecule has 0 radical (unpaired) electrons. The molecule has 0 unspecified atom stereocenters. The Labute approximate surface area is 120 Å². The van der Waals surface area contributed by atoms with Gasteiger partial charge in [0.2, 0.25) is 0 Å². The second-order valence-corrected chi connectivity index (χ2v) is 5.23. The van der Waals surface area contributed by atoms with Crippen molar-refractivity contribution in [1.29, 1.82) is 0 Å². The maximum Gasteiger partial charge on any atom is 0.276 e. The minimum absolute atomic E-state index is 0.497. The minimum atomic E-state index is 0.497. The summed E-state index contributed by atoms with van der Waals surface area (Å²) < 4.78 is 10.8. The van der Waals surface area contributed by atoms with Crippen LogP contribution in [0.25, 0.3) is 11.5 Å². The topological polar surface area (TPSA) is 65.0 Å². The number of rotatable bonds is 5. The summed E-state index contributed by atoms with van der Waals surface area (Å²) in [5.74, 6) is 2.12. The largest absolute Gasteiger partial charge is 0.469 e. The van der Waals surface area contributed by atoms with Crippen molar-refractivity contribution in [3.8, 4) is 11.5 Å². The van der Waals surface area contributed by atoms with Crippen molar-refractivity contribution < 1.29 is 8.83 Å². The lowest BCUT2D eigenvalue weighted by molar-refractivity contribution is 0.463. The quantitative estimate of drug-likeness (QED) is 0.670. The summed E-state index contributed by atoms with van der Waals surface area (Å²) in [5.41, 5.74) is 1.90. The van der Waals surface area contributed by atoms with E-state index in [0.717, 1.165) is 29.2 Å². The molecule has 0 atom stereocenters. The lowest BCUT2D eigenvalue weighted by Crippen LogP contribution is -1.91. The average Bonchev–Trinajstić information content (AvgIpc) is 3.09. The molecule has 0 N–H and O–H groups in total. The number of furan rings is 1. The first-order valence-electron chi connectivity index (χ1n) is 6.23. The number of hydrogen-bond donors (Lipinski definition) is 0. The minimum Gasteiger partial charge on any atom is -0.469 e. The molecule has 5 nitrogen and oxygen atoms in total. The van der Waals surface area contributed by atoms with Crippen molar-refractivity contribution in [2.45, 2.75) is 18.6 Å². The van der Waals surface area contributed by atoms with E-state index in [1.54, 1.807) is 12.5 Å². The van der Waals surface area contributed by atoms with Gasteiger partial charge in [-0.25, -0.2) is 0 Å². The fourth-order valence-corrected chi connectivity index (χ4v) is 2.49. The second kappa shape index (κ2) is 5.92.